The van der Waals surface area contributed by atoms with Crippen LogP contribution in [0.5, 0.6) is 0 Å². The van der Waals surface area contributed by atoms with Gasteiger partial charge in [0.05, 0.1) is 17.8 Å². The van der Waals surface area contributed by atoms with E-state index in [1.54, 1.807) is 0 Å². The number of hydrogen-bond donors (Lipinski definition) is 1. The summed E-state index contributed by atoms with van der Waals surface area (Å²) in [5, 5.41) is 12.9. The SMILES string of the molecule is O=C(O)c1cnn(CC(=O)N2C3C=C(c4ccccc4)CC2CC3)c1. The highest BCUT2D eigenvalue weighted by molar-refractivity contribution is 5.87. The third-order valence-electron chi connectivity index (χ3n) is 5.01. The molecule has 1 N–H and O–H groups in total. The molecule has 1 amide bonds. The molecule has 2 unspecified atom stereocenters. The van der Waals surface area contributed by atoms with E-state index >= 15 is 0 Å². The van der Waals surface area contributed by atoms with Gasteiger partial charge in [-0.05, 0) is 30.4 Å². The summed E-state index contributed by atoms with van der Waals surface area (Å²) < 4.78 is 1.40. The second-order valence-electron chi connectivity index (χ2n) is 6.59. The summed E-state index contributed by atoms with van der Waals surface area (Å²) in [5.41, 5.74) is 2.63. The highest BCUT2D eigenvalue weighted by Gasteiger charge is 2.39. The summed E-state index contributed by atoms with van der Waals surface area (Å²) in [4.78, 5) is 25.6. The number of aromatic carboxylic acids is 1. The molecule has 0 radical (unpaired) electrons. The Morgan fingerprint density at radius 2 is 2.00 bits per heavy atom. The Balaban J connectivity index is 1.51. The topological polar surface area (TPSA) is 75.4 Å². The summed E-state index contributed by atoms with van der Waals surface area (Å²) in [6.45, 7) is 0.0782. The molecule has 128 valence electrons. The Morgan fingerprint density at radius 3 is 2.68 bits per heavy atom. The van der Waals surface area contributed by atoms with Gasteiger partial charge >= 0.3 is 5.97 Å². The monoisotopic (exact) mass is 337 g/mol. The summed E-state index contributed by atoms with van der Waals surface area (Å²) in [5.74, 6) is -1.04. The van der Waals surface area contributed by atoms with Gasteiger partial charge in [-0.15, -0.1) is 0 Å². The molecular weight excluding hydrogens is 318 g/mol. The Bertz CT molecular complexity index is 841. The number of fused-ring (bicyclic) bond motifs is 2. The van der Waals surface area contributed by atoms with Crippen molar-refractivity contribution in [3.63, 3.8) is 0 Å². The Morgan fingerprint density at radius 1 is 1.20 bits per heavy atom. The van der Waals surface area contributed by atoms with Crippen molar-refractivity contribution in [3.8, 4) is 0 Å². The van der Waals surface area contributed by atoms with Crippen LogP contribution in [0, 0.1) is 0 Å². The van der Waals surface area contributed by atoms with Gasteiger partial charge in [0.1, 0.15) is 6.54 Å². The zero-order valence-electron chi connectivity index (χ0n) is 13.7. The van der Waals surface area contributed by atoms with Gasteiger partial charge < -0.3 is 10.0 Å². The summed E-state index contributed by atoms with van der Waals surface area (Å²) >= 11 is 0. The lowest BCUT2D eigenvalue weighted by Gasteiger charge is -2.34. The first-order valence-electron chi connectivity index (χ1n) is 8.45. The predicted octanol–water partition coefficient (Wildman–Crippen LogP) is 2.43. The smallest absolute Gasteiger partial charge is 0.338 e. The number of carbonyl (C=O) groups is 2. The zero-order valence-corrected chi connectivity index (χ0v) is 13.7. The minimum absolute atomic E-state index is 0.00380. The molecule has 3 heterocycles. The normalized spacial score (nSPS) is 21.9. The van der Waals surface area contributed by atoms with Crippen LogP contribution in [0.15, 0.2) is 48.8 Å². The maximum atomic E-state index is 12.7. The predicted molar refractivity (Wildman–Crippen MR) is 91.9 cm³/mol. The zero-order chi connectivity index (χ0) is 17.4. The first-order chi connectivity index (χ1) is 12.1. The van der Waals surface area contributed by atoms with Crippen molar-refractivity contribution in [2.24, 2.45) is 0 Å². The maximum Gasteiger partial charge on any atom is 0.338 e. The number of rotatable bonds is 4. The number of carbonyl (C=O) groups excluding carboxylic acids is 1. The molecule has 0 spiro atoms. The van der Waals surface area contributed by atoms with Gasteiger partial charge in [0.15, 0.2) is 0 Å². The lowest BCUT2D eigenvalue weighted by Crippen LogP contribution is -2.44. The minimum atomic E-state index is -1.04. The third kappa shape index (κ3) is 2.95. The molecule has 0 saturated carbocycles. The highest BCUT2D eigenvalue weighted by atomic mass is 16.4. The molecule has 1 aromatic carbocycles. The molecular formula is C19H19N3O3. The molecule has 1 fully saturated rings. The van der Waals surface area contributed by atoms with E-state index in [1.807, 2.05) is 23.1 Å². The van der Waals surface area contributed by atoms with Crippen LogP contribution in [-0.4, -0.2) is 43.7 Å². The van der Waals surface area contributed by atoms with Crippen LogP contribution in [0.4, 0.5) is 0 Å². The number of carboxylic acids is 1. The van der Waals surface area contributed by atoms with E-state index in [4.69, 9.17) is 5.11 Å². The fourth-order valence-corrected chi connectivity index (χ4v) is 3.87. The molecule has 6 nitrogen and oxygen atoms in total. The van der Waals surface area contributed by atoms with Gasteiger partial charge in [-0.2, -0.15) is 5.10 Å². The third-order valence-corrected chi connectivity index (χ3v) is 5.01. The largest absolute Gasteiger partial charge is 0.478 e. The number of benzene rings is 1. The van der Waals surface area contributed by atoms with E-state index in [9.17, 15) is 9.59 Å². The molecule has 0 aliphatic carbocycles. The van der Waals surface area contributed by atoms with Crippen molar-refractivity contribution in [2.75, 3.05) is 0 Å². The average molecular weight is 337 g/mol. The lowest BCUT2D eigenvalue weighted by molar-refractivity contribution is -0.134. The maximum absolute atomic E-state index is 12.7. The highest BCUT2D eigenvalue weighted by Crippen LogP contribution is 2.38. The van der Waals surface area contributed by atoms with Crippen LogP contribution in [0.25, 0.3) is 5.57 Å². The minimum Gasteiger partial charge on any atom is -0.478 e. The van der Waals surface area contributed by atoms with Gasteiger partial charge in [-0.25, -0.2) is 4.79 Å². The molecule has 4 rings (SSSR count). The van der Waals surface area contributed by atoms with Gasteiger partial charge in [-0.3, -0.25) is 9.48 Å². The van der Waals surface area contributed by atoms with Crippen molar-refractivity contribution in [3.05, 3.63) is 59.9 Å². The fourth-order valence-electron chi connectivity index (χ4n) is 3.87. The Kier molecular flexibility index (Phi) is 3.87. The molecule has 25 heavy (non-hydrogen) atoms. The molecule has 6 heteroatoms. The number of amides is 1. The molecule has 2 aromatic rings. The van der Waals surface area contributed by atoms with Crippen LogP contribution < -0.4 is 0 Å². The summed E-state index contributed by atoms with van der Waals surface area (Å²) in [6, 6.07) is 10.6. The summed E-state index contributed by atoms with van der Waals surface area (Å²) in [6.07, 6.45) is 7.73. The first-order valence-corrected chi connectivity index (χ1v) is 8.45. The van der Waals surface area contributed by atoms with Crippen molar-refractivity contribution < 1.29 is 14.7 Å². The average Bonchev–Trinajstić information content (AvgIpc) is 3.18. The van der Waals surface area contributed by atoms with Gasteiger partial charge in [0, 0.05) is 12.2 Å². The van der Waals surface area contributed by atoms with Crippen LogP contribution in [0.1, 0.15) is 35.2 Å². The van der Waals surface area contributed by atoms with E-state index in [2.05, 4.69) is 23.3 Å². The van der Waals surface area contributed by atoms with E-state index in [0.29, 0.717) is 0 Å². The Labute approximate surface area is 145 Å². The van der Waals surface area contributed by atoms with E-state index in [-0.39, 0.29) is 30.1 Å². The van der Waals surface area contributed by atoms with Crippen molar-refractivity contribution in [2.45, 2.75) is 37.9 Å². The Hall–Kier alpha value is -2.89. The molecule has 2 bridgehead atoms. The van der Waals surface area contributed by atoms with Crippen LogP contribution in [0.3, 0.4) is 0 Å². The molecule has 2 atom stereocenters. The van der Waals surface area contributed by atoms with Crippen molar-refractivity contribution in [1.29, 1.82) is 0 Å². The number of aromatic nitrogens is 2. The van der Waals surface area contributed by atoms with Crippen LogP contribution in [-0.2, 0) is 11.3 Å². The summed E-state index contributed by atoms with van der Waals surface area (Å²) in [7, 11) is 0. The van der Waals surface area contributed by atoms with Crippen molar-refractivity contribution in [1.82, 2.24) is 14.7 Å². The molecule has 2 aliphatic heterocycles. The van der Waals surface area contributed by atoms with Crippen LogP contribution >= 0.6 is 0 Å². The van der Waals surface area contributed by atoms with E-state index in [1.165, 1.54) is 28.2 Å². The van der Waals surface area contributed by atoms with E-state index in [0.717, 1.165) is 19.3 Å². The lowest BCUT2D eigenvalue weighted by atomic mass is 9.95. The van der Waals surface area contributed by atoms with E-state index < -0.39 is 5.97 Å². The van der Waals surface area contributed by atoms with Crippen LogP contribution in [0.2, 0.25) is 0 Å². The van der Waals surface area contributed by atoms with Gasteiger partial charge in [0.25, 0.3) is 0 Å². The number of carboxylic acid groups (broad SMARTS) is 1. The second kappa shape index (κ2) is 6.20. The van der Waals surface area contributed by atoms with Crippen molar-refractivity contribution >= 4 is 17.4 Å². The quantitative estimate of drug-likeness (QED) is 0.930. The number of hydrogen-bond acceptors (Lipinski definition) is 3. The fraction of sp³-hybridized carbons (Fsp3) is 0.316. The number of nitrogens with zero attached hydrogens (tertiary/aromatic N) is 3. The molecule has 1 aromatic heterocycles. The molecule has 1 saturated heterocycles. The molecule has 2 aliphatic rings. The first kappa shape index (κ1) is 15.6. The van der Waals surface area contributed by atoms with Gasteiger partial charge in [0.2, 0.25) is 5.91 Å². The standard InChI is InChI=1S/C19H19N3O3/c23-18(12-21-11-15(10-20-21)19(24)25)22-16-6-7-17(22)9-14(8-16)13-4-2-1-3-5-13/h1-5,8,10-11,16-17H,6-7,9,12H2,(H,24,25). The van der Waals surface area contributed by atoms with Gasteiger partial charge in [-0.1, -0.05) is 36.4 Å². The second-order valence-corrected chi connectivity index (χ2v) is 6.59.